The molecular weight excluding hydrogens is 316 g/mol. The summed E-state index contributed by atoms with van der Waals surface area (Å²) in [6.45, 7) is 7.40. The van der Waals surface area contributed by atoms with E-state index >= 15 is 0 Å². The summed E-state index contributed by atoms with van der Waals surface area (Å²) in [6.07, 6.45) is 0.386. The zero-order chi connectivity index (χ0) is 15.1. The molecule has 3 nitrogen and oxygen atoms in total. The molecule has 2 unspecified atom stereocenters. The van der Waals surface area contributed by atoms with Crippen LogP contribution in [-0.2, 0) is 0 Å². The minimum atomic E-state index is -0.385. The van der Waals surface area contributed by atoms with Crippen LogP contribution in [0.3, 0.4) is 0 Å². The van der Waals surface area contributed by atoms with Crippen LogP contribution in [0.5, 0.6) is 0 Å². The summed E-state index contributed by atoms with van der Waals surface area (Å²) in [6, 6.07) is 8.42. The van der Waals surface area contributed by atoms with Crippen LogP contribution in [0.1, 0.15) is 31.9 Å². The molecule has 1 rings (SSSR count). The van der Waals surface area contributed by atoms with E-state index in [0.29, 0.717) is 6.04 Å². The number of likely N-dealkylation sites (N-methyl/N-ethyl adjacent to an activating group) is 2. The molecule has 0 radical (unpaired) electrons. The summed E-state index contributed by atoms with van der Waals surface area (Å²) >= 11 is 3.42. The average molecular weight is 343 g/mol. The summed E-state index contributed by atoms with van der Waals surface area (Å²) < 4.78 is 1.04. The van der Waals surface area contributed by atoms with Crippen molar-refractivity contribution >= 4 is 15.9 Å². The average Bonchev–Trinajstić information content (AvgIpc) is 2.39. The molecule has 20 heavy (non-hydrogen) atoms. The highest BCUT2D eigenvalue weighted by Gasteiger charge is 2.15. The molecule has 0 aliphatic heterocycles. The molecule has 0 aliphatic rings. The molecule has 0 fully saturated rings. The Morgan fingerprint density at radius 2 is 1.80 bits per heavy atom. The van der Waals surface area contributed by atoms with E-state index in [-0.39, 0.29) is 6.10 Å². The van der Waals surface area contributed by atoms with E-state index in [0.717, 1.165) is 36.1 Å². The first-order valence-corrected chi connectivity index (χ1v) is 8.05. The van der Waals surface area contributed by atoms with Crippen molar-refractivity contribution in [3.63, 3.8) is 0 Å². The second kappa shape index (κ2) is 8.78. The summed E-state index contributed by atoms with van der Waals surface area (Å²) in [5.41, 5.74) is 0.990. The molecule has 1 aromatic carbocycles. The molecule has 0 aromatic heterocycles. The second-order valence-electron chi connectivity index (χ2n) is 5.60. The second-order valence-corrected chi connectivity index (χ2v) is 6.51. The third-order valence-electron chi connectivity index (χ3n) is 3.60. The van der Waals surface area contributed by atoms with Gasteiger partial charge >= 0.3 is 0 Å². The third-order valence-corrected chi connectivity index (χ3v) is 4.13. The predicted octanol–water partition coefficient (Wildman–Crippen LogP) is 3.14. The zero-order valence-electron chi connectivity index (χ0n) is 13.0. The first kappa shape index (κ1) is 17.6. The molecule has 4 heteroatoms. The Labute approximate surface area is 131 Å². The Kier molecular flexibility index (Phi) is 7.74. The lowest BCUT2D eigenvalue weighted by molar-refractivity contribution is 0.121. The van der Waals surface area contributed by atoms with E-state index in [2.05, 4.69) is 53.7 Å². The third kappa shape index (κ3) is 5.92. The van der Waals surface area contributed by atoms with Crippen LogP contribution in [-0.4, -0.2) is 54.7 Å². The molecule has 0 aliphatic carbocycles. The predicted molar refractivity (Wildman–Crippen MR) is 89.0 cm³/mol. The lowest BCUT2D eigenvalue weighted by atomic mass is 10.1. The molecular formula is C16H27BrN2O. The number of aliphatic hydroxyl groups excluding tert-OH is 1. The van der Waals surface area contributed by atoms with Crippen molar-refractivity contribution < 1.29 is 5.11 Å². The van der Waals surface area contributed by atoms with Crippen LogP contribution < -0.4 is 0 Å². The van der Waals surface area contributed by atoms with Crippen molar-refractivity contribution in [2.45, 2.75) is 32.4 Å². The number of benzene rings is 1. The van der Waals surface area contributed by atoms with Crippen molar-refractivity contribution in [1.29, 1.82) is 0 Å². The minimum absolute atomic E-state index is 0.385. The van der Waals surface area contributed by atoms with Gasteiger partial charge in [0.25, 0.3) is 0 Å². The van der Waals surface area contributed by atoms with Crippen molar-refractivity contribution in [1.82, 2.24) is 9.80 Å². The van der Waals surface area contributed by atoms with Crippen LogP contribution in [0.2, 0.25) is 0 Å². The molecule has 1 N–H and O–H groups in total. The minimum Gasteiger partial charge on any atom is -0.388 e. The number of aliphatic hydroxyl groups is 1. The quantitative estimate of drug-likeness (QED) is 0.786. The van der Waals surface area contributed by atoms with Crippen molar-refractivity contribution in [2.24, 2.45) is 0 Å². The molecule has 0 amide bonds. The molecule has 1 aromatic rings. The highest BCUT2D eigenvalue weighted by molar-refractivity contribution is 9.10. The van der Waals surface area contributed by atoms with Gasteiger partial charge < -0.3 is 10.0 Å². The number of rotatable bonds is 8. The standard InChI is InChI=1S/C16H27BrN2O/c1-5-19(13(2)12-18(3)4)11-10-16(20)14-6-8-15(17)9-7-14/h6-9,13,16,20H,5,10-12H2,1-4H3. The Morgan fingerprint density at radius 3 is 2.30 bits per heavy atom. The summed E-state index contributed by atoms with van der Waals surface area (Å²) in [4.78, 5) is 4.63. The van der Waals surface area contributed by atoms with Crippen LogP contribution in [0, 0.1) is 0 Å². The normalized spacial score (nSPS) is 14.8. The fraction of sp³-hybridized carbons (Fsp3) is 0.625. The van der Waals surface area contributed by atoms with Crippen LogP contribution in [0.15, 0.2) is 28.7 Å². The number of halogens is 1. The van der Waals surface area contributed by atoms with Gasteiger partial charge in [0.15, 0.2) is 0 Å². The van der Waals surface area contributed by atoms with Gasteiger partial charge in [-0.15, -0.1) is 0 Å². The van der Waals surface area contributed by atoms with Crippen molar-refractivity contribution in [3.8, 4) is 0 Å². The van der Waals surface area contributed by atoms with Gasteiger partial charge in [0.05, 0.1) is 6.10 Å². The summed E-state index contributed by atoms with van der Waals surface area (Å²) in [5, 5.41) is 10.3. The van der Waals surface area contributed by atoms with E-state index in [1.54, 1.807) is 0 Å². The molecule has 0 saturated heterocycles. The summed E-state index contributed by atoms with van der Waals surface area (Å²) in [7, 11) is 4.20. The number of hydrogen-bond donors (Lipinski definition) is 1. The van der Waals surface area contributed by atoms with E-state index < -0.39 is 0 Å². The highest BCUT2D eigenvalue weighted by Crippen LogP contribution is 2.20. The lowest BCUT2D eigenvalue weighted by Crippen LogP contribution is -2.40. The largest absolute Gasteiger partial charge is 0.388 e. The van der Waals surface area contributed by atoms with Crippen molar-refractivity contribution in [2.75, 3.05) is 33.7 Å². The maximum absolute atomic E-state index is 10.3. The van der Waals surface area contributed by atoms with Crippen LogP contribution >= 0.6 is 15.9 Å². The zero-order valence-corrected chi connectivity index (χ0v) is 14.6. The molecule has 114 valence electrons. The molecule has 0 heterocycles. The topological polar surface area (TPSA) is 26.7 Å². The van der Waals surface area contributed by atoms with Gasteiger partial charge in [-0.2, -0.15) is 0 Å². The molecule has 0 spiro atoms. The maximum Gasteiger partial charge on any atom is 0.0802 e. The van der Waals surface area contributed by atoms with Gasteiger partial charge in [-0.3, -0.25) is 4.90 Å². The highest BCUT2D eigenvalue weighted by atomic mass is 79.9. The Hall–Kier alpha value is -0.420. The van der Waals surface area contributed by atoms with Crippen molar-refractivity contribution in [3.05, 3.63) is 34.3 Å². The Morgan fingerprint density at radius 1 is 1.20 bits per heavy atom. The first-order valence-electron chi connectivity index (χ1n) is 7.26. The van der Waals surface area contributed by atoms with Crippen LogP contribution in [0.4, 0.5) is 0 Å². The molecule has 0 saturated carbocycles. The molecule has 2 atom stereocenters. The monoisotopic (exact) mass is 342 g/mol. The van der Waals surface area contributed by atoms with E-state index in [1.165, 1.54) is 0 Å². The van der Waals surface area contributed by atoms with Gasteiger partial charge in [-0.25, -0.2) is 0 Å². The smallest absolute Gasteiger partial charge is 0.0802 e. The fourth-order valence-corrected chi connectivity index (χ4v) is 2.74. The van der Waals surface area contributed by atoms with E-state index in [1.807, 2.05) is 24.3 Å². The lowest BCUT2D eigenvalue weighted by Gasteiger charge is -2.30. The van der Waals surface area contributed by atoms with E-state index in [9.17, 15) is 5.11 Å². The summed E-state index contributed by atoms with van der Waals surface area (Å²) in [5.74, 6) is 0. The SMILES string of the molecule is CCN(CCC(O)c1ccc(Br)cc1)C(C)CN(C)C. The van der Waals surface area contributed by atoms with Crippen LogP contribution in [0.25, 0.3) is 0 Å². The number of hydrogen-bond acceptors (Lipinski definition) is 3. The van der Waals surface area contributed by atoms with Gasteiger partial charge in [0, 0.05) is 23.6 Å². The van der Waals surface area contributed by atoms with Gasteiger partial charge in [0.2, 0.25) is 0 Å². The Bertz CT molecular complexity index is 381. The first-order chi connectivity index (χ1) is 9.43. The van der Waals surface area contributed by atoms with Gasteiger partial charge in [-0.1, -0.05) is 35.0 Å². The number of nitrogens with zero attached hydrogens (tertiary/aromatic N) is 2. The fourth-order valence-electron chi connectivity index (χ4n) is 2.47. The maximum atomic E-state index is 10.3. The van der Waals surface area contributed by atoms with Gasteiger partial charge in [-0.05, 0) is 51.7 Å². The van der Waals surface area contributed by atoms with Gasteiger partial charge in [0.1, 0.15) is 0 Å². The Balaban J connectivity index is 2.49. The van der Waals surface area contributed by atoms with E-state index in [4.69, 9.17) is 0 Å². The molecule has 0 bridgehead atoms.